The van der Waals surface area contributed by atoms with E-state index in [1.54, 1.807) is 37.3 Å². The molecule has 0 bridgehead atoms. The third-order valence-corrected chi connectivity index (χ3v) is 7.02. The Morgan fingerprint density at radius 1 is 1.03 bits per heavy atom. The molecule has 0 spiro atoms. The number of nitrogens with zero attached hydrogens (tertiary/aromatic N) is 1. The van der Waals surface area contributed by atoms with E-state index in [1.165, 1.54) is 11.3 Å². The number of hydrogen-bond donors (Lipinski definition) is 1. The molecule has 4 rings (SSSR count). The smallest absolute Gasteiger partial charge is 0.248 e. The molecule has 0 radical (unpaired) electrons. The second-order valence-corrected chi connectivity index (χ2v) is 9.39. The Hall–Kier alpha value is -3.32. The van der Waals surface area contributed by atoms with Gasteiger partial charge < -0.3 is 14.8 Å². The zero-order valence-corrected chi connectivity index (χ0v) is 20.3. The third kappa shape index (κ3) is 5.42. The number of benzene rings is 2. The van der Waals surface area contributed by atoms with Crippen molar-refractivity contribution in [1.29, 1.82) is 0 Å². The summed E-state index contributed by atoms with van der Waals surface area (Å²) in [5.41, 5.74) is 1.24. The molecular weight excluding hydrogens is 448 g/mol. The van der Waals surface area contributed by atoms with E-state index in [1.807, 2.05) is 47.8 Å². The Balaban J connectivity index is 1.82. The first-order valence-electron chi connectivity index (χ1n) is 11.5. The number of rotatable bonds is 9. The molecule has 3 aromatic rings. The van der Waals surface area contributed by atoms with Gasteiger partial charge in [0.25, 0.3) is 0 Å². The topological polar surface area (TPSA) is 67.9 Å². The first-order valence-corrected chi connectivity index (χ1v) is 12.4. The number of amides is 2. The summed E-state index contributed by atoms with van der Waals surface area (Å²) in [6.45, 7) is 0. The Labute approximate surface area is 204 Å². The minimum Gasteiger partial charge on any atom is -0.497 e. The van der Waals surface area contributed by atoms with Crippen molar-refractivity contribution in [2.24, 2.45) is 0 Å². The van der Waals surface area contributed by atoms with E-state index in [4.69, 9.17) is 9.47 Å². The number of hydrogen-bond acceptors (Lipinski definition) is 5. The van der Waals surface area contributed by atoms with Crippen LogP contribution in [0.2, 0.25) is 0 Å². The van der Waals surface area contributed by atoms with Gasteiger partial charge in [0.1, 0.15) is 17.5 Å². The fourth-order valence-corrected chi connectivity index (χ4v) is 5.17. The lowest BCUT2D eigenvalue weighted by atomic mass is 10.00. The molecule has 1 unspecified atom stereocenters. The zero-order chi connectivity index (χ0) is 23.9. The normalized spacial score (nSPS) is 14.4. The Kier molecular flexibility index (Phi) is 7.85. The second-order valence-electron chi connectivity index (χ2n) is 8.36. The molecule has 178 valence electrons. The first kappa shape index (κ1) is 23.8. The average molecular weight is 479 g/mol. The summed E-state index contributed by atoms with van der Waals surface area (Å²) >= 11 is 1.53. The average Bonchev–Trinajstić information content (AvgIpc) is 3.57. The van der Waals surface area contributed by atoms with Crippen LogP contribution in [0.25, 0.3) is 0 Å². The van der Waals surface area contributed by atoms with Gasteiger partial charge in [-0.2, -0.15) is 0 Å². The second kappa shape index (κ2) is 11.2. The van der Waals surface area contributed by atoms with Gasteiger partial charge in [0, 0.05) is 22.2 Å². The summed E-state index contributed by atoms with van der Waals surface area (Å²) in [6.07, 6.45) is 4.28. The summed E-state index contributed by atoms with van der Waals surface area (Å²) in [7, 11) is 3.15. The number of para-hydroxylation sites is 1. The summed E-state index contributed by atoms with van der Waals surface area (Å²) < 4.78 is 11.1. The molecule has 2 amide bonds. The van der Waals surface area contributed by atoms with Gasteiger partial charge in [-0.05, 0) is 54.6 Å². The van der Waals surface area contributed by atoms with Crippen molar-refractivity contribution in [3.8, 4) is 11.5 Å². The van der Waals surface area contributed by atoms with E-state index >= 15 is 0 Å². The van der Waals surface area contributed by atoms with Crippen LogP contribution < -0.4 is 19.7 Å². The highest BCUT2D eigenvalue weighted by molar-refractivity contribution is 7.10. The van der Waals surface area contributed by atoms with Gasteiger partial charge in [0.05, 0.1) is 20.6 Å². The molecule has 0 saturated heterocycles. The van der Waals surface area contributed by atoms with Gasteiger partial charge in [-0.1, -0.05) is 37.1 Å². The van der Waals surface area contributed by atoms with Crippen LogP contribution in [-0.2, 0) is 16.0 Å². The molecular formula is C27H30N2O4S. The van der Waals surface area contributed by atoms with Crippen LogP contribution >= 0.6 is 11.3 Å². The Bertz CT molecular complexity index is 1100. The molecule has 0 aliphatic heterocycles. The van der Waals surface area contributed by atoms with Crippen molar-refractivity contribution in [1.82, 2.24) is 5.32 Å². The molecule has 1 aliphatic carbocycles. The van der Waals surface area contributed by atoms with Crippen LogP contribution in [0.3, 0.4) is 0 Å². The lowest BCUT2D eigenvalue weighted by Gasteiger charge is -2.33. The molecule has 6 nitrogen and oxygen atoms in total. The SMILES string of the molecule is COc1ccc(OC)c(C(C(=O)NC2CCCC2)N(C(=O)Cc2cccs2)c2ccccc2)c1. The maximum atomic E-state index is 13.9. The first-order chi connectivity index (χ1) is 16.6. The zero-order valence-electron chi connectivity index (χ0n) is 19.5. The van der Waals surface area contributed by atoms with Gasteiger partial charge in [-0.3, -0.25) is 14.5 Å². The lowest BCUT2D eigenvalue weighted by molar-refractivity contribution is -0.127. The summed E-state index contributed by atoms with van der Waals surface area (Å²) in [5.74, 6) is 0.734. The van der Waals surface area contributed by atoms with Crippen LogP contribution in [0.5, 0.6) is 11.5 Å². The largest absolute Gasteiger partial charge is 0.497 e. The summed E-state index contributed by atoms with van der Waals surface area (Å²) in [4.78, 5) is 30.2. The molecule has 1 N–H and O–H groups in total. The lowest BCUT2D eigenvalue weighted by Crippen LogP contribution is -2.47. The summed E-state index contributed by atoms with van der Waals surface area (Å²) in [6, 6.07) is 17.7. The quantitative estimate of drug-likeness (QED) is 0.462. The van der Waals surface area contributed by atoms with E-state index in [9.17, 15) is 9.59 Å². The highest BCUT2D eigenvalue weighted by Gasteiger charge is 2.36. The molecule has 1 aliphatic rings. The Morgan fingerprint density at radius 3 is 2.44 bits per heavy atom. The van der Waals surface area contributed by atoms with Crippen LogP contribution in [0.4, 0.5) is 5.69 Å². The molecule has 1 fully saturated rings. The van der Waals surface area contributed by atoms with Crippen LogP contribution in [0.15, 0.2) is 66.0 Å². The predicted octanol–water partition coefficient (Wildman–Crippen LogP) is 5.14. The number of thiophene rings is 1. The van der Waals surface area contributed by atoms with Crippen molar-refractivity contribution in [2.75, 3.05) is 19.1 Å². The van der Waals surface area contributed by atoms with Crippen molar-refractivity contribution >= 4 is 28.8 Å². The fraction of sp³-hybridized carbons (Fsp3) is 0.333. The van der Waals surface area contributed by atoms with Crippen molar-refractivity contribution in [2.45, 2.75) is 44.2 Å². The number of ether oxygens (including phenoxy) is 2. The Morgan fingerprint density at radius 2 is 1.79 bits per heavy atom. The number of carbonyl (C=O) groups is 2. The van der Waals surface area contributed by atoms with E-state index < -0.39 is 6.04 Å². The third-order valence-electron chi connectivity index (χ3n) is 6.15. The molecule has 1 atom stereocenters. The van der Waals surface area contributed by atoms with E-state index in [-0.39, 0.29) is 24.3 Å². The van der Waals surface area contributed by atoms with E-state index in [2.05, 4.69) is 5.32 Å². The van der Waals surface area contributed by atoms with E-state index in [0.717, 1.165) is 30.6 Å². The monoisotopic (exact) mass is 478 g/mol. The van der Waals surface area contributed by atoms with Crippen LogP contribution in [0.1, 0.15) is 42.2 Å². The van der Waals surface area contributed by atoms with Gasteiger partial charge in [0.15, 0.2) is 0 Å². The molecule has 1 saturated carbocycles. The van der Waals surface area contributed by atoms with Gasteiger partial charge >= 0.3 is 0 Å². The number of carbonyl (C=O) groups excluding carboxylic acids is 2. The number of nitrogens with one attached hydrogen (secondary N) is 1. The highest BCUT2D eigenvalue weighted by atomic mass is 32.1. The fourth-order valence-electron chi connectivity index (χ4n) is 4.47. The van der Waals surface area contributed by atoms with Crippen LogP contribution in [0, 0.1) is 0 Å². The number of methoxy groups -OCH3 is 2. The van der Waals surface area contributed by atoms with Crippen molar-refractivity contribution in [3.05, 3.63) is 76.5 Å². The van der Waals surface area contributed by atoms with Crippen LogP contribution in [-0.4, -0.2) is 32.1 Å². The molecule has 1 heterocycles. The van der Waals surface area contributed by atoms with Gasteiger partial charge in [-0.15, -0.1) is 11.3 Å². The maximum absolute atomic E-state index is 13.9. The molecule has 34 heavy (non-hydrogen) atoms. The van der Waals surface area contributed by atoms with Crippen molar-refractivity contribution < 1.29 is 19.1 Å². The molecule has 7 heteroatoms. The maximum Gasteiger partial charge on any atom is 0.248 e. The van der Waals surface area contributed by atoms with Crippen molar-refractivity contribution in [3.63, 3.8) is 0 Å². The van der Waals surface area contributed by atoms with Gasteiger partial charge in [0.2, 0.25) is 11.8 Å². The molecule has 1 aromatic heterocycles. The standard InChI is InChI=1S/C27H30N2O4S/c1-32-21-14-15-24(33-2)23(17-21)26(27(31)28-19-9-6-7-10-19)29(20-11-4-3-5-12-20)25(30)18-22-13-8-16-34-22/h3-5,8,11-17,19,26H,6-7,9-10,18H2,1-2H3,(H,28,31). The summed E-state index contributed by atoms with van der Waals surface area (Å²) in [5, 5.41) is 5.15. The van der Waals surface area contributed by atoms with E-state index in [0.29, 0.717) is 22.7 Å². The number of anilines is 1. The minimum absolute atomic E-state index is 0.108. The van der Waals surface area contributed by atoms with Gasteiger partial charge in [-0.25, -0.2) is 0 Å². The molecule has 2 aromatic carbocycles. The minimum atomic E-state index is -0.916. The predicted molar refractivity (Wildman–Crippen MR) is 135 cm³/mol. The highest BCUT2D eigenvalue weighted by Crippen LogP contribution is 2.37.